The third-order valence-electron chi connectivity index (χ3n) is 3.81. The number of quaternary nitrogens is 1. The average molecular weight is 371 g/mol. The number of nitrogens with zero attached hydrogens (tertiary/aromatic N) is 1. The van der Waals surface area contributed by atoms with Crippen molar-refractivity contribution in [1.82, 2.24) is 10.2 Å². The molecule has 1 aromatic rings. The van der Waals surface area contributed by atoms with Crippen LogP contribution in [0.5, 0.6) is 5.75 Å². The molecule has 1 fully saturated rings. The van der Waals surface area contributed by atoms with Crippen LogP contribution in [0.3, 0.4) is 0 Å². The lowest BCUT2D eigenvalue weighted by molar-refractivity contribution is -0.894. The number of likely N-dealkylation sites (N-methyl/N-ethyl adjacent to an activating group) is 1. The number of carbonyl (C=O) groups excluding carboxylic acids is 2. The van der Waals surface area contributed by atoms with Crippen LogP contribution in [0, 0.1) is 0 Å². The van der Waals surface area contributed by atoms with Crippen molar-refractivity contribution in [1.29, 1.82) is 0 Å². The van der Waals surface area contributed by atoms with Crippen LogP contribution in [-0.2, 0) is 4.79 Å². The predicted octanol–water partition coefficient (Wildman–Crippen LogP) is 0.283. The Kier molecular flexibility index (Phi) is 5.79. The maximum atomic E-state index is 12.3. The molecule has 0 bridgehead atoms. The highest BCUT2D eigenvalue weighted by Gasteiger charge is 2.33. The summed E-state index contributed by atoms with van der Waals surface area (Å²) in [5.41, 5.74) is 0. The van der Waals surface area contributed by atoms with E-state index in [1.165, 1.54) is 4.90 Å². The van der Waals surface area contributed by atoms with E-state index >= 15 is 0 Å². The van der Waals surface area contributed by atoms with Crippen LogP contribution in [0.15, 0.2) is 28.7 Å². The topological polar surface area (TPSA) is 63.1 Å². The fourth-order valence-electron chi connectivity index (χ4n) is 2.20. The molecule has 0 aliphatic carbocycles. The lowest BCUT2D eigenvalue weighted by atomic mass is 10.2. The molecular weight excluding hydrogens is 350 g/mol. The molecule has 3 amide bonds. The molecule has 2 rings (SSSR count). The second-order valence-corrected chi connectivity index (χ2v) is 6.26. The summed E-state index contributed by atoms with van der Waals surface area (Å²) < 4.78 is 6.67. The second kappa shape index (κ2) is 7.60. The largest absolute Gasteiger partial charge is 0.488 e. The fraction of sp³-hybridized carbons (Fsp3) is 0.467. The minimum Gasteiger partial charge on any atom is -0.488 e. The SMILES string of the molecule is C[C@@H](C(=O)N1CCNC1=O)[NH+](C)CCOc1ccc(Br)cc1. The molecule has 0 spiro atoms. The van der Waals surface area contributed by atoms with Crippen LogP contribution in [0.4, 0.5) is 4.79 Å². The molecule has 0 saturated carbocycles. The Morgan fingerprint density at radius 3 is 2.73 bits per heavy atom. The molecule has 7 heteroatoms. The van der Waals surface area contributed by atoms with Crippen LogP contribution < -0.4 is 15.0 Å². The lowest BCUT2D eigenvalue weighted by Crippen LogP contribution is -3.14. The molecule has 120 valence electrons. The van der Waals surface area contributed by atoms with Crippen LogP contribution in [0.1, 0.15) is 6.92 Å². The number of nitrogens with one attached hydrogen (secondary N) is 2. The van der Waals surface area contributed by atoms with Crippen LogP contribution in [0.25, 0.3) is 0 Å². The van der Waals surface area contributed by atoms with Gasteiger partial charge in [0.2, 0.25) is 0 Å². The van der Waals surface area contributed by atoms with Crippen molar-refractivity contribution in [3.05, 3.63) is 28.7 Å². The van der Waals surface area contributed by atoms with Gasteiger partial charge >= 0.3 is 6.03 Å². The summed E-state index contributed by atoms with van der Waals surface area (Å²) in [6.07, 6.45) is 0. The average Bonchev–Trinajstić information content (AvgIpc) is 2.93. The van der Waals surface area contributed by atoms with E-state index in [4.69, 9.17) is 4.74 Å². The Labute approximate surface area is 138 Å². The monoisotopic (exact) mass is 370 g/mol. The molecule has 1 unspecified atom stereocenters. The van der Waals surface area contributed by atoms with Crippen molar-refractivity contribution < 1.29 is 19.2 Å². The number of amides is 3. The van der Waals surface area contributed by atoms with E-state index in [2.05, 4.69) is 21.2 Å². The summed E-state index contributed by atoms with van der Waals surface area (Å²) in [5.74, 6) is 0.657. The van der Waals surface area contributed by atoms with Gasteiger partial charge in [-0.3, -0.25) is 9.69 Å². The summed E-state index contributed by atoms with van der Waals surface area (Å²) in [4.78, 5) is 26.1. The molecule has 2 N–H and O–H groups in total. The van der Waals surface area contributed by atoms with E-state index in [9.17, 15) is 9.59 Å². The zero-order valence-electron chi connectivity index (χ0n) is 12.8. The minimum atomic E-state index is -0.296. The Morgan fingerprint density at radius 1 is 1.45 bits per heavy atom. The number of halogens is 1. The van der Waals surface area contributed by atoms with Gasteiger partial charge < -0.3 is 15.0 Å². The van der Waals surface area contributed by atoms with Crippen LogP contribution in [0.2, 0.25) is 0 Å². The van der Waals surface area contributed by atoms with Gasteiger partial charge in [0.25, 0.3) is 5.91 Å². The molecule has 6 nitrogen and oxygen atoms in total. The predicted molar refractivity (Wildman–Crippen MR) is 86.0 cm³/mol. The Morgan fingerprint density at radius 2 is 2.14 bits per heavy atom. The van der Waals surface area contributed by atoms with E-state index < -0.39 is 0 Å². The molecule has 1 aliphatic rings. The summed E-state index contributed by atoms with van der Waals surface area (Å²) in [7, 11) is 1.93. The van der Waals surface area contributed by atoms with Crippen LogP contribution >= 0.6 is 15.9 Å². The van der Waals surface area contributed by atoms with E-state index in [0.29, 0.717) is 26.2 Å². The maximum Gasteiger partial charge on any atom is 0.324 e. The number of rotatable bonds is 6. The van der Waals surface area contributed by atoms with Gasteiger partial charge in [-0.05, 0) is 31.2 Å². The van der Waals surface area contributed by atoms with E-state index in [0.717, 1.165) is 15.1 Å². The molecule has 0 radical (unpaired) electrons. The quantitative estimate of drug-likeness (QED) is 0.756. The molecule has 2 atom stereocenters. The lowest BCUT2D eigenvalue weighted by Gasteiger charge is -2.23. The van der Waals surface area contributed by atoms with Crippen molar-refractivity contribution in [3.63, 3.8) is 0 Å². The van der Waals surface area contributed by atoms with Gasteiger partial charge in [-0.15, -0.1) is 0 Å². The first-order chi connectivity index (χ1) is 10.5. The molecule has 1 saturated heterocycles. The highest BCUT2D eigenvalue weighted by molar-refractivity contribution is 9.10. The standard InChI is InChI=1S/C15H20BrN3O3/c1-11(14(20)19-8-7-17-15(19)21)18(2)9-10-22-13-5-3-12(16)4-6-13/h3-6,11H,7-10H2,1-2H3,(H,17,21)/p+1/t11-/m0/s1. The normalized spacial score (nSPS) is 17.0. The Balaban J connectivity index is 1.78. The Bertz CT molecular complexity index is 535. The molecular formula is C15H21BrN3O3+. The summed E-state index contributed by atoms with van der Waals surface area (Å²) in [6, 6.07) is 7.05. The zero-order chi connectivity index (χ0) is 16.1. The molecule has 1 heterocycles. The van der Waals surface area contributed by atoms with Crippen molar-refractivity contribution in [2.75, 3.05) is 33.3 Å². The van der Waals surface area contributed by atoms with Gasteiger partial charge in [0.1, 0.15) is 18.9 Å². The van der Waals surface area contributed by atoms with Crippen molar-refractivity contribution >= 4 is 27.9 Å². The number of hydrogen-bond donors (Lipinski definition) is 2. The van der Waals surface area contributed by atoms with Gasteiger partial charge in [-0.25, -0.2) is 4.79 Å². The molecule has 1 aromatic carbocycles. The molecule has 22 heavy (non-hydrogen) atoms. The number of hydrogen-bond acceptors (Lipinski definition) is 3. The van der Waals surface area contributed by atoms with Gasteiger partial charge in [0, 0.05) is 17.6 Å². The number of carbonyl (C=O) groups is 2. The summed E-state index contributed by atoms with van der Waals surface area (Å²) >= 11 is 3.37. The number of benzene rings is 1. The second-order valence-electron chi connectivity index (χ2n) is 5.34. The fourth-order valence-corrected chi connectivity index (χ4v) is 2.47. The summed E-state index contributed by atoms with van der Waals surface area (Å²) in [5, 5.41) is 2.64. The van der Waals surface area contributed by atoms with Gasteiger partial charge in [-0.1, -0.05) is 15.9 Å². The van der Waals surface area contributed by atoms with Gasteiger partial charge in [0.15, 0.2) is 6.04 Å². The first kappa shape index (κ1) is 16.8. The first-order valence-electron chi connectivity index (χ1n) is 7.29. The van der Waals surface area contributed by atoms with E-state index in [1.807, 2.05) is 38.2 Å². The highest BCUT2D eigenvalue weighted by atomic mass is 79.9. The minimum absolute atomic E-state index is 0.142. The number of ether oxygens (including phenoxy) is 1. The maximum absolute atomic E-state index is 12.3. The van der Waals surface area contributed by atoms with Crippen molar-refractivity contribution in [2.45, 2.75) is 13.0 Å². The number of urea groups is 1. The van der Waals surface area contributed by atoms with Crippen LogP contribution in [-0.4, -0.2) is 56.2 Å². The van der Waals surface area contributed by atoms with Gasteiger partial charge in [-0.2, -0.15) is 0 Å². The van der Waals surface area contributed by atoms with Gasteiger partial charge in [0.05, 0.1) is 7.05 Å². The summed E-state index contributed by atoms with van der Waals surface area (Å²) in [6.45, 7) is 4.01. The Hall–Kier alpha value is -1.60. The first-order valence-corrected chi connectivity index (χ1v) is 8.08. The molecule has 1 aliphatic heterocycles. The highest BCUT2D eigenvalue weighted by Crippen LogP contribution is 2.15. The third kappa shape index (κ3) is 4.20. The third-order valence-corrected chi connectivity index (χ3v) is 4.34. The number of imide groups is 1. The van der Waals surface area contributed by atoms with Crippen molar-refractivity contribution in [3.8, 4) is 5.75 Å². The molecule has 0 aromatic heterocycles. The van der Waals surface area contributed by atoms with E-state index in [-0.39, 0.29) is 18.0 Å². The smallest absolute Gasteiger partial charge is 0.324 e. The van der Waals surface area contributed by atoms with E-state index in [1.54, 1.807) is 0 Å². The van der Waals surface area contributed by atoms with Crippen molar-refractivity contribution in [2.24, 2.45) is 0 Å². The zero-order valence-corrected chi connectivity index (χ0v) is 14.4.